The summed E-state index contributed by atoms with van der Waals surface area (Å²) < 4.78 is 0. The van der Waals surface area contributed by atoms with Crippen LogP contribution in [0.25, 0.3) is 0 Å². The number of aryl methyl sites for hydroxylation is 3. The van der Waals surface area contributed by atoms with Gasteiger partial charge in [0, 0.05) is 5.69 Å². The Morgan fingerprint density at radius 2 is 1.11 bits per heavy atom. The van der Waals surface area contributed by atoms with Crippen molar-refractivity contribution < 1.29 is 29.6 Å². The van der Waals surface area contributed by atoms with Gasteiger partial charge in [-0.2, -0.15) is 0 Å². The summed E-state index contributed by atoms with van der Waals surface area (Å²) in [6.07, 6.45) is 3.39. The van der Waals surface area contributed by atoms with Gasteiger partial charge in [-0.25, -0.2) is 4.98 Å². The molecule has 0 bridgehead atoms. The van der Waals surface area contributed by atoms with Crippen LogP contribution < -0.4 is 46.8 Å². The molecule has 0 saturated heterocycles. The van der Waals surface area contributed by atoms with E-state index in [1.165, 1.54) is 11.1 Å². The van der Waals surface area contributed by atoms with Crippen molar-refractivity contribution in [3.05, 3.63) is 83.0 Å². The van der Waals surface area contributed by atoms with E-state index in [2.05, 4.69) is 29.2 Å². The molecule has 3 rings (SSSR count). The second-order valence-electron chi connectivity index (χ2n) is 6.22. The van der Waals surface area contributed by atoms with Crippen LogP contribution in [0.3, 0.4) is 0 Å². The Labute approximate surface area is 185 Å². The molecule has 1 aromatic heterocycles. The van der Waals surface area contributed by atoms with Crippen LogP contribution in [0.15, 0.2) is 60.7 Å². The number of anilines is 3. The molecule has 136 valence electrons. The second kappa shape index (κ2) is 11.0. The first kappa shape index (κ1) is 23.1. The minimum atomic E-state index is 0. The molecule has 27 heavy (non-hydrogen) atoms. The van der Waals surface area contributed by atoms with Gasteiger partial charge in [0.15, 0.2) is 0 Å². The van der Waals surface area contributed by atoms with Gasteiger partial charge in [-0.1, -0.05) is 69.1 Å². The van der Waals surface area contributed by atoms with E-state index in [4.69, 9.17) is 17.2 Å². The number of benzene rings is 2. The maximum Gasteiger partial charge on any atom is 1.00 e. The molecule has 0 saturated carbocycles. The minimum absolute atomic E-state index is 0. The van der Waals surface area contributed by atoms with E-state index in [0.717, 1.165) is 36.9 Å². The molecule has 3 aromatic rings. The molecule has 0 fully saturated rings. The van der Waals surface area contributed by atoms with Crippen molar-refractivity contribution in [3.8, 4) is 0 Å². The fraction of sp³-hybridized carbons (Fsp3) is 0.190. The van der Waals surface area contributed by atoms with Gasteiger partial charge in [0.1, 0.15) is 5.82 Å². The summed E-state index contributed by atoms with van der Waals surface area (Å²) in [5.41, 5.74) is 23.7. The predicted octanol–water partition coefficient (Wildman–Crippen LogP) is -1.05. The number of hydrogen-bond donors (Lipinski definition) is 3. The Morgan fingerprint density at radius 1 is 0.630 bits per heavy atom. The number of pyridine rings is 1. The molecular formula is C21H28BN4Na. The van der Waals surface area contributed by atoms with E-state index in [9.17, 15) is 0 Å². The van der Waals surface area contributed by atoms with E-state index < -0.39 is 0 Å². The number of nitrogen functional groups attached to an aromatic ring is 3. The number of nitrogens with zero attached hydrogens (tertiary/aromatic N) is 1. The van der Waals surface area contributed by atoms with Crippen molar-refractivity contribution in [2.24, 2.45) is 0 Å². The van der Waals surface area contributed by atoms with E-state index in [-0.39, 0.29) is 38.0 Å². The molecule has 4 nitrogen and oxygen atoms in total. The minimum Gasteiger partial charge on any atom is -0.397 e. The van der Waals surface area contributed by atoms with Crippen LogP contribution in [-0.4, -0.2) is 13.4 Å². The number of aromatic nitrogens is 1. The zero-order valence-corrected chi connectivity index (χ0v) is 17.3. The number of rotatable bonds is 6. The summed E-state index contributed by atoms with van der Waals surface area (Å²) in [6, 6.07) is 20.7. The van der Waals surface area contributed by atoms with Gasteiger partial charge in [-0.3, -0.25) is 0 Å². The maximum absolute atomic E-state index is 6.27. The smallest absolute Gasteiger partial charge is 0.397 e. The fourth-order valence-corrected chi connectivity index (χ4v) is 3.04. The quantitative estimate of drug-likeness (QED) is 0.483. The molecule has 6 N–H and O–H groups in total. The zero-order chi connectivity index (χ0) is 17.6. The third kappa shape index (κ3) is 6.03. The van der Waals surface area contributed by atoms with Crippen molar-refractivity contribution in [2.75, 3.05) is 17.2 Å². The zero-order valence-electron chi connectivity index (χ0n) is 15.3. The van der Waals surface area contributed by atoms with Crippen LogP contribution in [0.4, 0.5) is 17.2 Å². The van der Waals surface area contributed by atoms with Crippen LogP contribution in [0, 0.1) is 0 Å². The van der Waals surface area contributed by atoms with Crippen molar-refractivity contribution in [1.29, 1.82) is 0 Å². The topological polar surface area (TPSA) is 90.9 Å². The van der Waals surface area contributed by atoms with Crippen LogP contribution >= 0.6 is 0 Å². The van der Waals surface area contributed by atoms with Crippen molar-refractivity contribution in [2.45, 2.75) is 25.7 Å². The Hall–Kier alpha value is -1.95. The normalized spacial score (nSPS) is 9.93. The maximum atomic E-state index is 6.27. The largest absolute Gasteiger partial charge is 1.00 e. The molecule has 0 unspecified atom stereocenters. The average Bonchev–Trinajstić information content (AvgIpc) is 2.65. The molecule has 0 spiro atoms. The van der Waals surface area contributed by atoms with Crippen LogP contribution in [0.5, 0.6) is 0 Å². The van der Waals surface area contributed by atoms with Crippen molar-refractivity contribution >= 4 is 25.6 Å². The van der Waals surface area contributed by atoms with Crippen molar-refractivity contribution in [3.63, 3.8) is 0 Å². The standard InChI is InChI=1S/C21H24N4.BH4.Na/c22-19-17(13-11-15-7-3-1-4-8-15)18(25-21(24)20(19)23)14-12-16-9-5-2-6-10-16;;/h1-10H,11-14,23H2,(H4,22,24,25);1H4;/q;-1;+1. The van der Waals surface area contributed by atoms with Gasteiger partial charge >= 0.3 is 29.6 Å². The van der Waals surface area contributed by atoms with Crippen LogP contribution in [0.1, 0.15) is 22.4 Å². The van der Waals surface area contributed by atoms with E-state index in [1.807, 2.05) is 36.4 Å². The van der Waals surface area contributed by atoms with Gasteiger partial charge in [0.25, 0.3) is 0 Å². The molecule has 0 aliphatic carbocycles. The Kier molecular flexibility index (Phi) is 9.43. The molecule has 0 aliphatic rings. The van der Waals surface area contributed by atoms with Gasteiger partial charge in [-0.05, 0) is 42.4 Å². The molecule has 0 aliphatic heterocycles. The summed E-state index contributed by atoms with van der Waals surface area (Å²) in [7, 11) is 0. The van der Waals surface area contributed by atoms with Crippen LogP contribution in [-0.2, 0) is 25.7 Å². The SMILES string of the molecule is Nc1nc(CCc2ccccc2)c(CCc2ccccc2)c(N)c1N.[BH4-].[Na+]. The molecule has 1 heterocycles. The number of hydrogen-bond acceptors (Lipinski definition) is 4. The summed E-state index contributed by atoms with van der Waals surface area (Å²) in [5, 5.41) is 0. The first-order valence-corrected chi connectivity index (χ1v) is 8.55. The van der Waals surface area contributed by atoms with Crippen LogP contribution in [0.2, 0.25) is 0 Å². The Balaban J connectivity index is 0.00000182. The van der Waals surface area contributed by atoms with E-state index in [0.29, 0.717) is 17.2 Å². The molecular weight excluding hydrogens is 342 g/mol. The average molecular weight is 370 g/mol. The van der Waals surface area contributed by atoms with Gasteiger partial charge in [0.05, 0.1) is 11.4 Å². The third-order valence-electron chi connectivity index (χ3n) is 4.49. The molecule has 0 amide bonds. The van der Waals surface area contributed by atoms with Crippen molar-refractivity contribution in [1.82, 2.24) is 4.98 Å². The first-order valence-electron chi connectivity index (χ1n) is 8.55. The molecule has 0 radical (unpaired) electrons. The Morgan fingerprint density at radius 3 is 1.63 bits per heavy atom. The summed E-state index contributed by atoms with van der Waals surface area (Å²) >= 11 is 0. The molecule has 6 heteroatoms. The molecule has 2 aromatic carbocycles. The molecule has 0 atom stereocenters. The van der Waals surface area contributed by atoms with Gasteiger partial charge < -0.3 is 17.2 Å². The second-order valence-corrected chi connectivity index (χ2v) is 6.22. The third-order valence-corrected chi connectivity index (χ3v) is 4.49. The Bertz CT molecular complexity index is 842. The summed E-state index contributed by atoms with van der Waals surface area (Å²) in [6.45, 7) is 0. The summed E-state index contributed by atoms with van der Waals surface area (Å²) in [4.78, 5) is 4.53. The number of nitrogens with two attached hydrogens (primary N) is 3. The van der Waals surface area contributed by atoms with E-state index in [1.54, 1.807) is 0 Å². The van der Waals surface area contributed by atoms with E-state index >= 15 is 0 Å². The van der Waals surface area contributed by atoms with Gasteiger partial charge in [-0.15, -0.1) is 0 Å². The fourth-order valence-electron chi connectivity index (χ4n) is 3.04. The first-order chi connectivity index (χ1) is 12.1. The van der Waals surface area contributed by atoms with Gasteiger partial charge in [0.2, 0.25) is 0 Å². The monoisotopic (exact) mass is 370 g/mol. The summed E-state index contributed by atoms with van der Waals surface area (Å²) in [5.74, 6) is 0.323. The predicted molar refractivity (Wildman–Crippen MR) is 117 cm³/mol.